The van der Waals surface area contributed by atoms with E-state index >= 15 is 0 Å². The molecule has 0 aliphatic rings. The molecule has 0 bridgehead atoms. The molecule has 156 valence electrons. The van der Waals surface area contributed by atoms with Crippen LogP contribution in [0.5, 0.6) is 0 Å². The number of hydrogen-bond donors (Lipinski definition) is 3. The summed E-state index contributed by atoms with van der Waals surface area (Å²) in [5.74, 6) is 1.05. The third kappa shape index (κ3) is 8.35. The van der Waals surface area contributed by atoms with E-state index < -0.39 is 0 Å². The van der Waals surface area contributed by atoms with Gasteiger partial charge >= 0.3 is 0 Å². The zero-order chi connectivity index (χ0) is 20.9. The molecule has 29 heavy (non-hydrogen) atoms. The lowest BCUT2D eigenvalue weighted by Gasteiger charge is -2.16. The Kier molecular flexibility index (Phi) is 9.72. The number of benzene rings is 2. The highest BCUT2D eigenvalue weighted by molar-refractivity contribution is 5.93. The van der Waals surface area contributed by atoms with Crippen molar-refractivity contribution in [1.29, 1.82) is 0 Å². The lowest BCUT2D eigenvalue weighted by molar-refractivity contribution is 0.0931. The van der Waals surface area contributed by atoms with Gasteiger partial charge in [-0.3, -0.25) is 4.79 Å². The van der Waals surface area contributed by atoms with Gasteiger partial charge in [0.15, 0.2) is 5.96 Å². The maximum Gasteiger partial charge on any atom is 0.251 e. The summed E-state index contributed by atoms with van der Waals surface area (Å²) in [7, 11) is 1.63. The molecule has 2 rings (SSSR count). The first-order valence-corrected chi connectivity index (χ1v) is 10.1. The topological polar surface area (TPSA) is 74.8 Å². The number of amides is 1. The summed E-state index contributed by atoms with van der Waals surface area (Å²) < 4.78 is 5.81. The minimum absolute atomic E-state index is 0.0847. The van der Waals surface area contributed by atoms with Crippen LogP contribution in [0, 0.1) is 5.92 Å². The molecule has 6 heteroatoms. The molecule has 0 saturated carbocycles. The first-order chi connectivity index (χ1) is 14.1. The molecule has 3 N–H and O–H groups in total. The average molecular weight is 397 g/mol. The molecule has 1 unspecified atom stereocenters. The summed E-state index contributed by atoms with van der Waals surface area (Å²) >= 11 is 0. The van der Waals surface area contributed by atoms with Gasteiger partial charge in [0.05, 0.1) is 19.8 Å². The van der Waals surface area contributed by atoms with Crippen LogP contribution in [0.25, 0.3) is 0 Å². The van der Waals surface area contributed by atoms with E-state index in [2.05, 4.69) is 40.0 Å². The Labute approximate surface area is 173 Å². The van der Waals surface area contributed by atoms with Gasteiger partial charge in [-0.1, -0.05) is 49.4 Å². The molecule has 0 spiro atoms. The number of nitrogens with zero attached hydrogens (tertiary/aromatic N) is 1. The first kappa shape index (κ1) is 22.4. The summed E-state index contributed by atoms with van der Waals surface area (Å²) in [6.45, 7) is 7.62. The fourth-order valence-corrected chi connectivity index (χ4v) is 2.70. The second-order valence-corrected chi connectivity index (χ2v) is 6.96. The number of hydrogen-bond acceptors (Lipinski definition) is 3. The van der Waals surface area contributed by atoms with Gasteiger partial charge < -0.3 is 20.7 Å². The molecule has 1 amide bonds. The van der Waals surface area contributed by atoms with Gasteiger partial charge in [0.25, 0.3) is 5.91 Å². The smallest absolute Gasteiger partial charge is 0.251 e. The minimum Gasteiger partial charge on any atom is -0.376 e. The maximum absolute atomic E-state index is 11.6. The Morgan fingerprint density at radius 2 is 1.76 bits per heavy atom. The van der Waals surface area contributed by atoms with Crippen molar-refractivity contribution in [3.63, 3.8) is 0 Å². The van der Waals surface area contributed by atoms with Crippen molar-refractivity contribution in [2.75, 3.05) is 26.7 Å². The average Bonchev–Trinajstić information content (AvgIpc) is 2.76. The van der Waals surface area contributed by atoms with Crippen LogP contribution in [0.2, 0.25) is 0 Å². The van der Waals surface area contributed by atoms with E-state index in [1.54, 1.807) is 7.05 Å². The molecule has 2 aromatic rings. The standard InChI is InChI=1S/C23H32N4O2/c1-4-25-23(27-15-19-10-12-21(13-11-19)22(28)24-3)26-14-18(2)16-29-17-20-8-6-5-7-9-20/h5-13,18H,4,14-17H2,1-3H3,(H,24,28)(H2,25,26,27). The van der Waals surface area contributed by atoms with Crippen LogP contribution in [0.1, 0.15) is 35.3 Å². The minimum atomic E-state index is -0.0847. The quantitative estimate of drug-likeness (QED) is 0.426. The fraction of sp³-hybridized carbons (Fsp3) is 0.391. The number of rotatable bonds is 10. The molecule has 0 aliphatic heterocycles. The third-order valence-corrected chi connectivity index (χ3v) is 4.34. The lowest BCUT2D eigenvalue weighted by atomic mass is 10.1. The molecule has 0 aromatic heterocycles. The Morgan fingerprint density at radius 3 is 2.41 bits per heavy atom. The third-order valence-electron chi connectivity index (χ3n) is 4.34. The highest BCUT2D eigenvalue weighted by Crippen LogP contribution is 2.06. The molecule has 0 fully saturated rings. The molecule has 0 heterocycles. The summed E-state index contributed by atoms with van der Waals surface area (Å²) in [6.07, 6.45) is 0. The van der Waals surface area contributed by atoms with Gasteiger partial charge in [-0.05, 0) is 36.1 Å². The summed E-state index contributed by atoms with van der Waals surface area (Å²) in [6, 6.07) is 17.7. The van der Waals surface area contributed by atoms with Crippen molar-refractivity contribution >= 4 is 11.9 Å². The number of guanidine groups is 1. The lowest BCUT2D eigenvalue weighted by Crippen LogP contribution is -2.40. The predicted molar refractivity (Wildman–Crippen MR) is 118 cm³/mol. The van der Waals surface area contributed by atoms with Crippen molar-refractivity contribution in [2.45, 2.75) is 27.0 Å². The van der Waals surface area contributed by atoms with Crippen LogP contribution >= 0.6 is 0 Å². The molecule has 6 nitrogen and oxygen atoms in total. The van der Waals surface area contributed by atoms with Crippen molar-refractivity contribution in [3.05, 3.63) is 71.3 Å². The predicted octanol–water partition coefficient (Wildman–Crippen LogP) is 2.95. The normalized spacial score (nSPS) is 12.3. The van der Waals surface area contributed by atoms with E-state index in [0.717, 1.165) is 24.6 Å². The molecule has 0 aliphatic carbocycles. The molecular weight excluding hydrogens is 364 g/mol. The Bertz CT molecular complexity index is 760. The number of nitrogens with one attached hydrogen (secondary N) is 3. The highest BCUT2D eigenvalue weighted by Gasteiger charge is 2.06. The van der Waals surface area contributed by atoms with Crippen molar-refractivity contribution < 1.29 is 9.53 Å². The second kappa shape index (κ2) is 12.6. The monoisotopic (exact) mass is 396 g/mol. The van der Waals surface area contributed by atoms with Gasteiger partial charge in [0.2, 0.25) is 0 Å². The zero-order valence-electron chi connectivity index (χ0n) is 17.6. The molecule has 0 saturated heterocycles. The first-order valence-electron chi connectivity index (χ1n) is 10.1. The fourth-order valence-electron chi connectivity index (χ4n) is 2.70. The van der Waals surface area contributed by atoms with Crippen LogP contribution in [0.3, 0.4) is 0 Å². The Hall–Kier alpha value is -2.86. The number of ether oxygens (including phenoxy) is 1. The Morgan fingerprint density at radius 1 is 1.03 bits per heavy atom. The second-order valence-electron chi connectivity index (χ2n) is 6.96. The van der Waals surface area contributed by atoms with Crippen LogP contribution in [-0.2, 0) is 17.9 Å². The van der Waals surface area contributed by atoms with Crippen molar-refractivity contribution in [2.24, 2.45) is 10.9 Å². The Balaban J connectivity index is 1.78. The molecule has 0 radical (unpaired) electrons. The van der Waals surface area contributed by atoms with E-state index in [0.29, 0.717) is 31.2 Å². The van der Waals surface area contributed by atoms with E-state index in [9.17, 15) is 4.79 Å². The van der Waals surface area contributed by atoms with Gasteiger partial charge in [-0.2, -0.15) is 0 Å². The van der Waals surface area contributed by atoms with Gasteiger partial charge in [-0.15, -0.1) is 0 Å². The van der Waals surface area contributed by atoms with Crippen LogP contribution < -0.4 is 16.0 Å². The summed E-state index contributed by atoms with van der Waals surface area (Å²) in [5.41, 5.74) is 2.88. The SMILES string of the molecule is CCNC(=NCc1ccc(C(=O)NC)cc1)NCC(C)COCc1ccccc1. The van der Waals surface area contributed by atoms with E-state index in [4.69, 9.17) is 4.74 Å². The van der Waals surface area contributed by atoms with Crippen LogP contribution in [0.4, 0.5) is 0 Å². The highest BCUT2D eigenvalue weighted by atomic mass is 16.5. The van der Waals surface area contributed by atoms with E-state index in [1.807, 2.05) is 49.4 Å². The number of carbonyl (C=O) groups is 1. The summed E-state index contributed by atoms with van der Waals surface area (Å²) in [5, 5.41) is 9.26. The van der Waals surface area contributed by atoms with E-state index in [-0.39, 0.29) is 5.91 Å². The zero-order valence-corrected chi connectivity index (χ0v) is 17.6. The van der Waals surface area contributed by atoms with Crippen LogP contribution in [-0.4, -0.2) is 38.6 Å². The summed E-state index contributed by atoms with van der Waals surface area (Å²) in [4.78, 5) is 16.2. The molecule has 1 atom stereocenters. The molecular formula is C23H32N4O2. The van der Waals surface area contributed by atoms with Gasteiger partial charge in [0.1, 0.15) is 0 Å². The maximum atomic E-state index is 11.6. The van der Waals surface area contributed by atoms with Gasteiger partial charge in [0, 0.05) is 25.7 Å². The molecule has 2 aromatic carbocycles. The van der Waals surface area contributed by atoms with Crippen LogP contribution in [0.15, 0.2) is 59.6 Å². The van der Waals surface area contributed by atoms with Crippen molar-refractivity contribution in [1.82, 2.24) is 16.0 Å². The van der Waals surface area contributed by atoms with Gasteiger partial charge in [-0.25, -0.2) is 4.99 Å². The number of carbonyl (C=O) groups excluding carboxylic acids is 1. The van der Waals surface area contributed by atoms with E-state index in [1.165, 1.54) is 5.56 Å². The van der Waals surface area contributed by atoms with Crippen molar-refractivity contribution in [3.8, 4) is 0 Å². The largest absolute Gasteiger partial charge is 0.376 e. The number of aliphatic imine (C=N–C) groups is 1.